The molecule has 0 aliphatic carbocycles. The summed E-state index contributed by atoms with van der Waals surface area (Å²) in [6, 6.07) is 7.50. The third-order valence-corrected chi connectivity index (χ3v) is 3.80. The largest absolute Gasteiger partial charge is 0.490 e. The van der Waals surface area contributed by atoms with Crippen molar-refractivity contribution in [1.29, 1.82) is 0 Å². The van der Waals surface area contributed by atoms with Crippen molar-refractivity contribution in [3.05, 3.63) is 41.7 Å². The molecule has 0 saturated heterocycles. The summed E-state index contributed by atoms with van der Waals surface area (Å²) in [4.78, 5) is 12.3. The number of anilines is 1. The van der Waals surface area contributed by atoms with Gasteiger partial charge in [0.15, 0.2) is 0 Å². The summed E-state index contributed by atoms with van der Waals surface area (Å²) in [5.74, 6) is 0.368. The van der Waals surface area contributed by atoms with Crippen LogP contribution in [-0.4, -0.2) is 46.5 Å². The van der Waals surface area contributed by atoms with Crippen LogP contribution in [0.1, 0.15) is 25.1 Å². The molecule has 0 spiro atoms. The predicted octanol–water partition coefficient (Wildman–Crippen LogP) is 1.64. The second kappa shape index (κ2) is 7.50. The van der Waals surface area contributed by atoms with Crippen LogP contribution in [-0.2, 0) is 4.79 Å². The van der Waals surface area contributed by atoms with Crippen LogP contribution in [0, 0.1) is 0 Å². The second-order valence-electron chi connectivity index (χ2n) is 6.23. The fourth-order valence-corrected chi connectivity index (χ4v) is 2.59. The molecule has 7 heteroatoms. The van der Waals surface area contributed by atoms with Crippen LogP contribution in [0.5, 0.6) is 5.75 Å². The predicted molar refractivity (Wildman–Crippen MR) is 96.2 cm³/mol. The van der Waals surface area contributed by atoms with E-state index < -0.39 is 6.10 Å². The number of hydrogen-bond donors (Lipinski definition) is 4. The van der Waals surface area contributed by atoms with Gasteiger partial charge in [0.05, 0.1) is 22.5 Å². The lowest BCUT2D eigenvalue weighted by Gasteiger charge is -2.16. The first-order valence-electron chi connectivity index (χ1n) is 8.24. The van der Waals surface area contributed by atoms with Gasteiger partial charge in [0.2, 0.25) is 0 Å². The summed E-state index contributed by atoms with van der Waals surface area (Å²) >= 11 is 0. The van der Waals surface area contributed by atoms with Gasteiger partial charge in [0.25, 0.3) is 5.91 Å². The van der Waals surface area contributed by atoms with E-state index in [1.54, 1.807) is 24.4 Å². The summed E-state index contributed by atoms with van der Waals surface area (Å²) in [6.07, 6.45) is 2.72. The number of carbonyl (C=O) groups excluding carboxylic acids is 1. The molecule has 0 saturated carbocycles. The molecule has 1 atom stereocenters. The van der Waals surface area contributed by atoms with Gasteiger partial charge in [-0.25, -0.2) is 0 Å². The maximum atomic E-state index is 12.3. The minimum Gasteiger partial charge on any atom is -0.490 e. The number of amides is 1. The third-order valence-electron chi connectivity index (χ3n) is 3.80. The SMILES string of the molecule is CC(C)NCC(O)COc1cccc2c1C(=Cc1ccn[nH]1)C(=O)N2. The first-order valence-corrected chi connectivity index (χ1v) is 8.24. The van der Waals surface area contributed by atoms with Crippen LogP contribution in [0.25, 0.3) is 11.6 Å². The molecule has 3 rings (SSSR count). The van der Waals surface area contributed by atoms with E-state index in [2.05, 4.69) is 20.8 Å². The third kappa shape index (κ3) is 4.07. The highest BCUT2D eigenvalue weighted by molar-refractivity contribution is 6.35. The maximum absolute atomic E-state index is 12.3. The Hall–Kier alpha value is -2.64. The molecule has 0 radical (unpaired) electrons. The minimum atomic E-state index is -0.636. The number of aliphatic hydroxyl groups excluding tert-OH is 1. The quantitative estimate of drug-likeness (QED) is 0.573. The van der Waals surface area contributed by atoms with Gasteiger partial charge in [-0.15, -0.1) is 0 Å². The van der Waals surface area contributed by atoms with E-state index in [-0.39, 0.29) is 12.5 Å². The van der Waals surface area contributed by atoms with Crippen LogP contribution in [0.4, 0.5) is 5.69 Å². The Morgan fingerprint density at radius 1 is 1.36 bits per heavy atom. The van der Waals surface area contributed by atoms with E-state index >= 15 is 0 Å². The summed E-state index contributed by atoms with van der Waals surface area (Å²) in [5.41, 5.74) is 2.63. The van der Waals surface area contributed by atoms with Crippen LogP contribution in [0.15, 0.2) is 30.5 Å². The van der Waals surface area contributed by atoms with Crippen molar-refractivity contribution >= 4 is 23.2 Å². The number of nitrogens with one attached hydrogen (secondary N) is 3. The number of rotatable bonds is 7. The Kier molecular flexibility index (Phi) is 5.16. The monoisotopic (exact) mass is 342 g/mol. The smallest absolute Gasteiger partial charge is 0.256 e. The molecule has 0 bridgehead atoms. The molecule has 1 unspecified atom stereocenters. The number of aromatic nitrogens is 2. The average molecular weight is 342 g/mol. The number of nitrogens with zero attached hydrogens (tertiary/aromatic N) is 1. The number of aliphatic hydroxyl groups is 1. The first kappa shape index (κ1) is 17.2. The first-order chi connectivity index (χ1) is 12.0. The molecule has 25 heavy (non-hydrogen) atoms. The van der Waals surface area contributed by atoms with Gasteiger partial charge in [-0.2, -0.15) is 5.10 Å². The lowest BCUT2D eigenvalue weighted by Crippen LogP contribution is -2.35. The molecular weight excluding hydrogens is 320 g/mol. The molecule has 0 fully saturated rings. The van der Waals surface area contributed by atoms with E-state index in [0.717, 1.165) is 5.69 Å². The second-order valence-corrected chi connectivity index (χ2v) is 6.23. The standard InChI is InChI=1S/C18H22N4O3/c1-11(2)19-9-13(23)10-25-16-5-3-4-15-17(16)14(18(24)21-15)8-12-6-7-20-22-12/h3-8,11,13,19,23H,9-10H2,1-2H3,(H,20,22)(H,21,24). The highest BCUT2D eigenvalue weighted by Gasteiger charge is 2.28. The Labute approximate surface area is 146 Å². The van der Waals surface area contributed by atoms with E-state index in [1.165, 1.54) is 0 Å². The van der Waals surface area contributed by atoms with Crippen LogP contribution in [0.3, 0.4) is 0 Å². The van der Waals surface area contributed by atoms with E-state index in [1.807, 2.05) is 26.0 Å². The van der Waals surface area contributed by atoms with Crippen LogP contribution >= 0.6 is 0 Å². The van der Waals surface area contributed by atoms with Gasteiger partial charge in [-0.05, 0) is 24.3 Å². The summed E-state index contributed by atoms with van der Waals surface area (Å²) < 4.78 is 5.79. The van der Waals surface area contributed by atoms with E-state index in [4.69, 9.17) is 4.74 Å². The molecule has 1 aliphatic rings. The highest BCUT2D eigenvalue weighted by atomic mass is 16.5. The van der Waals surface area contributed by atoms with Gasteiger partial charge >= 0.3 is 0 Å². The van der Waals surface area contributed by atoms with E-state index in [0.29, 0.717) is 35.2 Å². The molecular formula is C18H22N4O3. The number of H-pyrrole nitrogens is 1. The van der Waals surface area contributed by atoms with E-state index in [9.17, 15) is 9.90 Å². The Morgan fingerprint density at radius 2 is 2.20 bits per heavy atom. The van der Waals surface area contributed by atoms with Gasteiger partial charge in [0.1, 0.15) is 18.5 Å². The molecule has 1 aromatic carbocycles. The normalized spacial score (nSPS) is 16.2. The molecule has 1 amide bonds. The van der Waals surface area contributed by atoms with Gasteiger partial charge in [-0.1, -0.05) is 19.9 Å². The summed E-state index contributed by atoms with van der Waals surface area (Å²) in [6.45, 7) is 4.62. The van der Waals surface area contributed by atoms with Crippen LogP contribution < -0.4 is 15.4 Å². The number of benzene rings is 1. The fourth-order valence-electron chi connectivity index (χ4n) is 2.59. The zero-order chi connectivity index (χ0) is 17.8. The van der Waals surface area contributed by atoms with Crippen molar-refractivity contribution in [1.82, 2.24) is 15.5 Å². The molecule has 132 valence electrons. The lowest BCUT2D eigenvalue weighted by atomic mass is 10.0. The topological polar surface area (TPSA) is 99.3 Å². The zero-order valence-electron chi connectivity index (χ0n) is 14.2. The number of hydrogen-bond acceptors (Lipinski definition) is 5. The van der Waals surface area contributed by atoms with Crippen molar-refractivity contribution in [3.63, 3.8) is 0 Å². The Balaban J connectivity index is 1.79. The van der Waals surface area contributed by atoms with Crippen LogP contribution in [0.2, 0.25) is 0 Å². The Morgan fingerprint density at radius 3 is 2.92 bits per heavy atom. The van der Waals surface area contributed by atoms with Crippen molar-refractivity contribution < 1.29 is 14.6 Å². The van der Waals surface area contributed by atoms with Gasteiger partial charge in [0, 0.05) is 18.8 Å². The number of ether oxygens (including phenoxy) is 1. The molecule has 1 aliphatic heterocycles. The van der Waals surface area contributed by atoms with Crippen molar-refractivity contribution in [3.8, 4) is 5.75 Å². The molecule has 2 heterocycles. The van der Waals surface area contributed by atoms with Crippen molar-refractivity contribution in [2.75, 3.05) is 18.5 Å². The number of fused-ring (bicyclic) bond motifs is 1. The van der Waals surface area contributed by atoms with Gasteiger partial charge in [-0.3, -0.25) is 9.89 Å². The molecule has 7 nitrogen and oxygen atoms in total. The van der Waals surface area contributed by atoms with Gasteiger partial charge < -0.3 is 20.5 Å². The number of carbonyl (C=O) groups is 1. The molecule has 4 N–H and O–H groups in total. The Bertz CT molecular complexity index is 769. The summed E-state index contributed by atoms with van der Waals surface area (Å²) in [7, 11) is 0. The maximum Gasteiger partial charge on any atom is 0.256 e. The molecule has 1 aromatic heterocycles. The minimum absolute atomic E-state index is 0.141. The lowest BCUT2D eigenvalue weighted by molar-refractivity contribution is -0.110. The average Bonchev–Trinajstić information content (AvgIpc) is 3.20. The zero-order valence-corrected chi connectivity index (χ0v) is 14.2. The fraction of sp³-hybridized carbons (Fsp3) is 0.333. The number of aromatic amines is 1. The van der Waals surface area contributed by atoms with Crippen molar-refractivity contribution in [2.24, 2.45) is 0 Å². The highest BCUT2D eigenvalue weighted by Crippen LogP contribution is 2.39. The molecule has 2 aromatic rings. The van der Waals surface area contributed by atoms with Crippen molar-refractivity contribution in [2.45, 2.75) is 26.0 Å². The summed E-state index contributed by atoms with van der Waals surface area (Å²) in [5, 5.41) is 22.7.